The fraction of sp³-hybridized carbons (Fsp3) is 0.0968. The maximum Gasteiger partial charge on any atom is 0.0538 e. The Bertz CT molecular complexity index is 1530. The van der Waals surface area contributed by atoms with Crippen molar-refractivity contribution in [3.63, 3.8) is 0 Å². The van der Waals surface area contributed by atoms with Crippen molar-refractivity contribution in [1.29, 1.82) is 0 Å². The van der Waals surface area contributed by atoms with Crippen LogP contribution in [0.15, 0.2) is 97.1 Å². The van der Waals surface area contributed by atoms with Gasteiger partial charge >= 0.3 is 0 Å². The van der Waals surface area contributed by atoms with Crippen LogP contribution in [0.4, 0.5) is 0 Å². The van der Waals surface area contributed by atoms with Crippen molar-refractivity contribution < 1.29 is 0 Å². The van der Waals surface area contributed by atoms with Gasteiger partial charge in [0.05, 0.1) is 5.52 Å². The first-order valence-electron chi connectivity index (χ1n) is 11.5. The van der Waals surface area contributed by atoms with E-state index in [0.717, 1.165) is 19.3 Å². The van der Waals surface area contributed by atoms with Crippen molar-refractivity contribution in [2.45, 2.75) is 19.3 Å². The molecule has 0 amide bonds. The zero-order chi connectivity index (χ0) is 21.1. The fourth-order valence-electron chi connectivity index (χ4n) is 5.58. The number of hydrogen-bond acceptors (Lipinski definition) is 0. The first-order valence-corrected chi connectivity index (χ1v) is 11.5. The number of benzene rings is 4. The summed E-state index contributed by atoms with van der Waals surface area (Å²) in [6, 6.07) is 33.6. The number of para-hydroxylation sites is 1. The van der Waals surface area contributed by atoms with Crippen molar-refractivity contribution in [2.75, 3.05) is 0 Å². The highest BCUT2D eigenvalue weighted by atomic mass is 15.0. The molecule has 152 valence electrons. The molecule has 0 radical (unpaired) electrons. The molecule has 5 aromatic rings. The maximum atomic E-state index is 2.46. The first kappa shape index (κ1) is 17.8. The third-order valence-corrected chi connectivity index (χ3v) is 7.09. The number of rotatable bonds is 2. The predicted octanol–water partition coefficient (Wildman–Crippen LogP) is 7.83. The lowest BCUT2D eigenvalue weighted by molar-refractivity contribution is 0.888. The highest BCUT2D eigenvalue weighted by Gasteiger charge is 2.21. The molecular weight excluding hydrogens is 386 g/mol. The minimum atomic E-state index is 1.04. The van der Waals surface area contributed by atoms with Crippen LogP contribution < -0.4 is 0 Å². The second-order valence-corrected chi connectivity index (χ2v) is 8.91. The zero-order valence-electron chi connectivity index (χ0n) is 17.9. The molecule has 32 heavy (non-hydrogen) atoms. The molecule has 0 spiro atoms. The van der Waals surface area contributed by atoms with E-state index in [0.29, 0.717) is 0 Å². The maximum absolute atomic E-state index is 2.46. The van der Waals surface area contributed by atoms with Gasteiger partial charge in [0, 0.05) is 22.3 Å². The van der Waals surface area contributed by atoms with E-state index in [1.807, 2.05) is 0 Å². The van der Waals surface area contributed by atoms with Gasteiger partial charge in [0.25, 0.3) is 0 Å². The smallest absolute Gasteiger partial charge is 0.0538 e. The Morgan fingerprint density at radius 3 is 2.38 bits per heavy atom. The quantitative estimate of drug-likeness (QED) is 0.275. The molecule has 0 atom stereocenters. The topological polar surface area (TPSA) is 4.93 Å². The lowest BCUT2D eigenvalue weighted by Gasteiger charge is -2.13. The molecular formula is C31H23N. The second kappa shape index (κ2) is 6.83. The van der Waals surface area contributed by atoms with Crippen LogP contribution in [0.3, 0.4) is 0 Å². The Morgan fingerprint density at radius 1 is 0.656 bits per heavy atom. The number of nitrogens with zero attached hydrogens (tertiary/aromatic N) is 1. The van der Waals surface area contributed by atoms with Crippen LogP contribution in [0.5, 0.6) is 0 Å². The monoisotopic (exact) mass is 409 g/mol. The van der Waals surface area contributed by atoms with E-state index < -0.39 is 0 Å². The molecule has 1 nitrogen and oxygen atoms in total. The molecule has 1 heterocycles. The van der Waals surface area contributed by atoms with Gasteiger partial charge in [-0.1, -0.05) is 72.8 Å². The van der Waals surface area contributed by atoms with Gasteiger partial charge in [-0.25, -0.2) is 0 Å². The SMILES string of the molecule is C1=Cc2c(n(-c3ccccc3)c3ccc(-c4ccc5c(c4)-c4ccccc4C5)cc23)CC1. The molecule has 2 aliphatic rings. The third kappa shape index (κ3) is 2.58. The summed E-state index contributed by atoms with van der Waals surface area (Å²) >= 11 is 0. The van der Waals surface area contributed by atoms with Crippen molar-refractivity contribution in [2.24, 2.45) is 0 Å². The van der Waals surface area contributed by atoms with E-state index in [9.17, 15) is 0 Å². The molecule has 2 aliphatic carbocycles. The van der Waals surface area contributed by atoms with Crippen LogP contribution >= 0.6 is 0 Å². The molecule has 0 fully saturated rings. The average Bonchev–Trinajstić information content (AvgIpc) is 3.39. The van der Waals surface area contributed by atoms with Gasteiger partial charge in [0.2, 0.25) is 0 Å². The Kier molecular flexibility index (Phi) is 3.80. The van der Waals surface area contributed by atoms with Crippen molar-refractivity contribution in [3.05, 3.63) is 119 Å². The van der Waals surface area contributed by atoms with Crippen molar-refractivity contribution in [1.82, 2.24) is 4.57 Å². The molecule has 0 saturated carbocycles. The Labute approximate surface area is 188 Å². The lowest BCUT2D eigenvalue weighted by atomic mass is 9.96. The van der Waals surface area contributed by atoms with Crippen LogP contribution in [0, 0.1) is 0 Å². The van der Waals surface area contributed by atoms with Gasteiger partial charge in [0.1, 0.15) is 0 Å². The van der Waals surface area contributed by atoms with Crippen molar-refractivity contribution in [3.8, 4) is 27.9 Å². The second-order valence-electron chi connectivity index (χ2n) is 8.91. The average molecular weight is 410 g/mol. The zero-order valence-corrected chi connectivity index (χ0v) is 17.9. The van der Waals surface area contributed by atoms with Gasteiger partial charge in [-0.05, 0) is 83.0 Å². The Morgan fingerprint density at radius 2 is 1.44 bits per heavy atom. The molecule has 0 bridgehead atoms. The molecule has 7 rings (SSSR count). The van der Waals surface area contributed by atoms with Gasteiger partial charge < -0.3 is 4.57 Å². The van der Waals surface area contributed by atoms with Crippen LogP contribution in [-0.4, -0.2) is 4.57 Å². The Balaban J connectivity index is 1.42. The van der Waals surface area contributed by atoms with Crippen LogP contribution in [0.25, 0.3) is 44.9 Å². The van der Waals surface area contributed by atoms with Gasteiger partial charge in [0.15, 0.2) is 0 Å². The number of aromatic nitrogens is 1. The molecule has 1 heteroatoms. The van der Waals surface area contributed by atoms with Crippen LogP contribution in [-0.2, 0) is 12.8 Å². The fourth-order valence-corrected chi connectivity index (χ4v) is 5.58. The number of fused-ring (bicyclic) bond motifs is 6. The molecule has 0 N–H and O–H groups in total. The van der Waals surface area contributed by atoms with E-state index in [-0.39, 0.29) is 0 Å². The normalized spacial score (nSPS) is 13.8. The minimum absolute atomic E-state index is 1.04. The third-order valence-electron chi connectivity index (χ3n) is 7.09. The highest BCUT2D eigenvalue weighted by molar-refractivity contribution is 5.96. The largest absolute Gasteiger partial charge is 0.313 e. The predicted molar refractivity (Wildman–Crippen MR) is 134 cm³/mol. The molecule has 4 aromatic carbocycles. The van der Waals surface area contributed by atoms with Gasteiger partial charge in [-0.15, -0.1) is 0 Å². The van der Waals surface area contributed by atoms with Crippen LogP contribution in [0.2, 0.25) is 0 Å². The summed E-state index contributed by atoms with van der Waals surface area (Å²) in [4.78, 5) is 0. The molecule has 0 unspecified atom stereocenters. The summed E-state index contributed by atoms with van der Waals surface area (Å²) in [5.41, 5.74) is 13.6. The van der Waals surface area contributed by atoms with E-state index in [4.69, 9.17) is 0 Å². The standard InChI is InChI=1S/C31H23N/c1-2-9-25(10-3-1)32-30-13-7-6-12-27(30)29-20-22(16-17-31(29)32)21-14-15-24-18-23-8-4-5-11-26(23)28(24)19-21/h1-6,8-12,14-17,19-20H,7,13,18H2. The van der Waals surface area contributed by atoms with E-state index in [1.54, 1.807) is 0 Å². The van der Waals surface area contributed by atoms with E-state index in [2.05, 4.69) is 108 Å². The lowest BCUT2D eigenvalue weighted by Crippen LogP contribution is -2.02. The Hall–Kier alpha value is -3.84. The summed E-state index contributed by atoms with van der Waals surface area (Å²) in [6.45, 7) is 0. The number of hydrogen-bond donors (Lipinski definition) is 0. The number of allylic oxidation sites excluding steroid dienone is 1. The molecule has 1 aromatic heterocycles. The molecule has 0 saturated heterocycles. The van der Waals surface area contributed by atoms with Crippen molar-refractivity contribution >= 4 is 17.0 Å². The summed E-state index contributed by atoms with van der Waals surface area (Å²) < 4.78 is 2.46. The van der Waals surface area contributed by atoms with Gasteiger partial charge in [-0.3, -0.25) is 0 Å². The summed E-state index contributed by atoms with van der Waals surface area (Å²) in [5, 5.41) is 1.35. The minimum Gasteiger partial charge on any atom is -0.313 e. The van der Waals surface area contributed by atoms with E-state index >= 15 is 0 Å². The first-order chi connectivity index (χ1) is 15.9. The van der Waals surface area contributed by atoms with E-state index in [1.165, 1.54) is 61.2 Å². The summed E-state index contributed by atoms with van der Waals surface area (Å²) in [7, 11) is 0. The summed E-state index contributed by atoms with van der Waals surface area (Å²) in [6.07, 6.45) is 7.87. The summed E-state index contributed by atoms with van der Waals surface area (Å²) in [5.74, 6) is 0. The molecule has 0 aliphatic heterocycles. The van der Waals surface area contributed by atoms with Crippen LogP contribution in [0.1, 0.15) is 28.8 Å². The van der Waals surface area contributed by atoms with Gasteiger partial charge in [-0.2, -0.15) is 0 Å². The highest BCUT2D eigenvalue weighted by Crippen LogP contribution is 2.40.